The number of nitrogens with zero attached hydrogens (tertiary/aromatic N) is 2. The first-order valence-corrected chi connectivity index (χ1v) is 12.2. The molecule has 1 unspecified atom stereocenters. The number of amides is 3. The number of hydrogen-bond donors (Lipinski definition) is 2. The molecule has 3 amide bonds. The van der Waals surface area contributed by atoms with Crippen molar-refractivity contribution in [1.82, 2.24) is 15.3 Å². The van der Waals surface area contributed by atoms with Crippen molar-refractivity contribution in [3.8, 4) is 0 Å². The summed E-state index contributed by atoms with van der Waals surface area (Å²) >= 11 is 14.8. The smallest absolute Gasteiger partial charge is 0.269 e. The van der Waals surface area contributed by atoms with Crippen molar-refractivity contribution in [1.29, 1.82) is 0 Å². The van der Waals surface area contributed by atoms with Crippen LogP contribution in [0.2, 0.25) is 5.02 Å². The molecule has 1 heterocycles. The van der Waals surface area contributed by atoms with Gasteiger partial charge in [0.1, 0.15) is 6.04 Å². The first-order valence-electron chi connectivity index (χ1n) is 10.6. The van der Waals surface area contributed by atoms with Crippen molar-refractivity contribution in [3.05, 3.63) is 99.5 Å². The van der Waals surface area contributed by atoms with Gasteiger partial charge in [-0.25, -0.2) is 5.01 Å². The number of anilines is 1. The van der Waals surface area contributed by atoms with Crippen molar-refractivity contribution in [3.63, 3.8) is 0 Å². The summed E-state index contributed by atoms with van der Waals surface area (Å²) in [4.78, 5) is 40.5. The van der Waals surface area contributed by atoms with Crippen molar-refractivity contribution in [2.75, 3.05) is 5.32 Å². The summed E-state index contributed by atoms with van der Waals surface area (Å²) in [5, 5.41) is 4.67. The third-order valence-corrected chi connectivity index (χ3v) is 6.52. The van der Waals surface area contributed by atoms with Crippen molar-refractivity contribution >= 4 is 68.3 Å². The van der Waals surface area contributed by atoms with Crippen LogP contribution in [0.15, 0.2) is 83.3 Å². The molecule has 0 spiro atoms. The number of hydrogen-bond acceptors (Lipinski definition) is 4. The Morgan fingerprint density at radius 3 is 2.29 bits per heavy atom. The molecule has 0 aromatic heterocycles. The lowest BCUT2D eigenvalue weighted by Gasteiger charge is -2.24. The van der Waals surface area contributed by atoms with Crippen molar-refractivity contribution in [2.24, 2.45) is 0 Å². The second-order valence-corrected chi connectivity index (χ2v) is 9.50. The van der Waals surface area contributed by atoms with Gasteiger partial charge in [0.05, 0.1) is 13.0 Å². The normalized spacial score (nSPS) is 15.3. The molecular weight excluding hydrogens is 552 g/mol. The second kappa shape index (κ2) is 11.0. The fraction of sp³-hybridized carbons (Fsp3) is 0.120. The summed E-state index contributed by atoms with van der Waals surface area (Å²) in [6, 6.07) is 21.7. The average molecular weight is 572 g/mol. The molecule has 0 radical (unpaired) electrons. The molecule has 1 fully saturated rings. The van der Waals surface area contributed by atoms with E-state index in [9.17, 15) is 14.4 Å². The summed E-state index contributed by atoms with van der Waals surface area (Å²) in [5.74, 6) is -1.24. The van der Waals surface area contributed by atoms with Crippen LogP contribution in [-0.2, 0) is 16.1 Å². The first kappa shape index (κ1) is 24.8. The van der Waals surface area contributed by atoms with Crippen LogP contribution in [0.4, 0.5) is 5.69 Å². The van der Waals surface area contributed by atoms with Gasteiger partial charge in [0, 0.05) is 20.7 Å². The zero-order valence-corrected chi connectivity index (χ0v) is 21.4. The Morgan fingerprint density at radius 2 is 1.63 bits per heavy atom. The maximum Gasteiger partial charge on any atom is 0.269 e. The quantitative estimate of drug-likeness (QED) is 0.399. The summed E-state index contributed by atoms with van der Waals surface area (Å²) in [6.07, 6.45) is -0.207. The fourth-order valence-corrected chi connectivity index (χ4v) is 4.28. The van der Waals surface area contributed by atoms with Crippen LogP contribution in [0.5, 0.6) is 0 Å². The van der Waals surface area contributed by atoms with Gasteiger partial charge in [-0.2, -0.15) is 0 Å². The summed E-state index contributed by atoms with van der Waals surface area (Å²) in [5.41, 5.74) is 4.49. The van der Waals surface area contributed by atoms with E-state index in [2.05, 4.69) is 26.7 Å². The van der Waals surface area contributed by atoms with Gasteiger partial charge in [-0.15, -0.1) is 0 Å². The van der Waals surface area contributed by atoms with E-state index >= 15 is 0 Å². The van der Waals surface area contributed by atoms with Gasteiger partial charge in [-0.3, -0.25) is 24.7 Å². The molecule has 4 rings (SSSR count). The monoisotopic (exact) mass is 570 g/mol. The molecule has 2 N–H and O–H groups in total. The molecule has 1 aliphatic rings. The lowest BCUT2D eigenvalue weighted by Crippen LogP contribution is -2.49. The van der Waals surface area contributed by atoms with Crippen LogP contribution in [0.25, 0.3) is 0 Å². The number of nitrogens with one attached hydrogen (secondary N) is 2. The lowest BCUT2D eigenvalue weighted by atomic mass is 10.1. The van der Waals surface area contributed by atoms with Crippen LogP contribution < -0.4 is 10.7 Å². The average Bonchev–Trinajstić information content (AvgIpc) is 3.05. The van der Waals surface area contributed by atoms with E-state index < -0.39 is 11.9 Å². The van der Waals surface area contributed by atoms with E-state index in [0.29, 0.717) is 16.3 Å². The Morgan fingerprint density at radius 1 is 0.971 bits per heavy atom. The molecule has 3 aromatic carbocycles. The number of carbonyl (C=O) groups excluding carboxylic acids is 3. The Labute approximate surface area is 221 Å². The van der Waals surface area contributed by atoms with E-state index in [1.54, 1.807) is 48.5 Å². The fourth-order valence-electron chi connectivity index (χ4n) is 3.56. The van der Waals surface area contributed by atoms with Crippen LogP contribution in [0.1, 0.15) is 22.3 Å². The van der Waals surface area contributed by atoms with Gasteiger partial charge in [-0.1, -0.05) is 57.9 Å². The second-order valence-electron chi connectivity index (χ2n) is 7.79. The molecule has 1 saturated heterocycles. The van der Waals surface area contributed by atoms with Crippen LogP contribution in [0.3, 0.4) is 0 Å². The van der Waals surface area contributed by atoms with Gasteiger partial charge in [-0.05, 0) is 66.3 Å². The number of halogens is 2. The van der Waals surface area contributed by atoms with E-state index in [1.807, 2.05) is 30.3 Å². The topological polar surface area (TPSA) is 81.8 Å². The van der Waals surface area contributed by atoms with Gasteiger partial charge < -0.3 is 5.32 Å². The zero-order valence-electron chi connectivity index (χ0n) is 18.3. The Kier molecular flexibility index (Phi) is 7.80. The first-order chi connectivity index (χ1) is 16.8. The highest BCUT2D eigenvalue weighted by Crippen LogP contribution is 2.23. The summed E-state index contributed by atoms with van der Waals surface area (Å²) in [7, 11) is 0. The molecule has 1 atom stereocenters. The maximum absolute atomic E-state index is 13.4. The number of hydrazine groups is 1. The SMILES string of the molecule is O=C(CC1C(=O)N(Cc2ccccc2)C(=S)N1NC(=O)c1ccc(Cl)cc1)Nc1ccc(Br)cc1. The van der Waals surface area contributed by atoms with Gasteiger partial charge in [0.2, 0.25) is 5.91 Å². The highest BCUT2D eigenvalue weighted by Gasteiger charge is 2.44. The van der Waals surface area contributed by atoms with Gasteiger partial charge in [0.25, 0.3) is 11.8 Å². The maximum atomic E-state index is 13.4. The Balaban J connectivity index is 1.55. The minimum absolute atomic E-state index is 0.114. The third-order valence-electron chi connectivity index (χ3n) is 5.32. The Hall–Kier alpha value is -3.27. The van der Waals surface area contributed by atoms with Crippen LogP contribution in [0, 0.1) is 0 Å². The van der Waals surface area contributed by atoms with E-state index in [1.165, 1.54) is 9.91 Å². The highest BCUT2D eigenvalue weighted by molar-refractivity contribution is 9.10. The Bertz CT molecular complexity index is 1260. The van der Waals surface area contributed by atoms with E-state index in [-0.39, 0.29) is 29.9 Å². The number of carbonyl (C=O) groups is 3. The highest BCUT2D eigenvalue weighted by atomic mass is 79.9. The standard InChI is InChI=1S/C25H20BrClN4O3S/c26-18-8-12-20(13-9-18)28-22(32)14-21-24(34)30(15-16-4-2-1-3-5-16)25(35)31(21)29-23(33)17-6-10-19(27)11-7-17/h1-13,21H,14-15H2,(H,28,32)(H,29,33). The van der Waals surface area contributed by atoms with Crippen LogP contribution in [-0.4, -0.2) is 38.8 Å². The number of rotatable bonds is 7. The molecule has 35 heavy (non-hydrogen) atoms. The molecule has 0 bridgehead atoms. The van der Waals surface area contributed by atoms with Crippen molar-refractivity contribution < 1.29 is 14.4 Å². The zero-order chi connectivity index (χ0) is 24.9. The molecular formula is C25H20BrClN4O3S. The molecule has 10 heteroatoms. The molecule has 3 aromatic rings. The van der Waals surface area contributed by atoms with Gasteiger partial charge in [0.15, 0.2) is 5.11 Å². The molecule has 178 valence electrons. The van der Waals surface area contributed by atoms with Gasteiger partial charge >= 0.3 is 0 Å². The van der Waals surface area contributed by atoms with Crippen LogP contribution >= 0.6 is 39.7 Å². The lowest BCUT2D eigenvalue weighted by molar-refractivity contribution is -0.131. The minimum Gasteiger partial charge on any atom is -0.326 e. The largest absolute Gasteiger partial charge is 0.326 e. The number of thiocarbonyl (C=S) groups is 1. The summed E-state index contributed by atoms with van der Waals surface area (Å²) in [6.45, 7) is 0.219. The van der Waals surface area contributed by atoms with Crippen molar-refractivity contribution in [2.45, 2.75) is 19.0 Å². The molecule has 0 aliphatic carbocycles. The predicted octanol–water partition coefficient (Wildman–Crippen LogP) is 4.77. The molecule has 7 nitrogen and oxygen atoms in total. The minimum atomic E-state index is -1.00. The molecule has 0 saturated carbocycles. The predicted molar refractivity (Wildman–Crippen MR) is 142 cm³/mol. The number of benzene rings is 3. The third kappa shape index (κ3) is 6.05. The molecule has 1 aliphatic heterocycles. The summed E-state index contributed by atoms with van der Waals surface area (Å²) < 4.78 is 0.874. The van der Waals surface area contributed by atoms with E-state index in [4.69, 9.17) is 23.8 Å². The van der Waals surface area contributed by atoms with E-state index in [0.717, 1.165) is 10.0 Å².